The van der Waals surface area contributed by atoms with E-state index in [2.05, 4.69) is 15.2 Å². The third-order valence-electron chi connectivity index (χ3n) is 5.35. The molecule has 2 aliphatic rings. The number of rotatable bonds is 6. The topological polar surface area (TPSA) is 96.5 Å². The molecule has 2 aliphatic heterocycles. The van der Waals surface area contributed by atoms with E-state index < -0.39 is 18.0 Å². The Balaban J connectivity index is 1.26. The number of hydrazone groups is 1. The van der Waals surface area contributed by atoms with Crippen LogP contribution in [0.5, 0.6) is 5.88 Å². The van der Waals surface area contributed by atoms with Crippen molar-refractivity contribution in [2.45, 2.75) is 6.10 Å². The Kier molecular flexibility index (Phi) is 5.51. The fraction of sp³-hybridized carbons (Fsp3) is 0.273. The normalized spacial score (nSPS) is 18.1. The fourth-order valence-electron chi connectivity index (χ4n) is 3.57. The second kappa shape index (κ2) is 8.77. The summed E-state index contributed by atoms with van der Waals surface area (Å²) in [5.41, 5.74) is 1.42. The van der Waals surface area contributed by atoms with Crippen LogP contribution in [0.4, 0.5) is 20.7 Å². The van der Waals surface area contributed by atoms with E-state index in [9.17, 15) is 9.18 Å². The Labute approximate surface area is 188 Å². The molecule has 0 bridgehead atoms. The monoisotopic (exact) mass is 452 g/mol. The molecule has 33 heavy (non-hydrogen) atoms. The molecule has 1 atom stereocenters. The van der Waals surface area contributed by atoms with Crippen molar-refractivity contribution in [2.24, 2.45) is 5.10 Å². The maximum Gasteiger partial charge on any atom is 0.414 e. The first-order valence-electron chi connectivity index (χ1n) is 10.4. The van der Waals surface area contributed by atoms with Gasteiger partial charge in [0.1, 0.15) is 30.8 Å². The highest BCUT2D eigenvalue weighted by Crippen LogP contribution is 2.30. The first-order chi connectivity index (χ1) is 16.1. The number of benzene rings is 1. The number of likely N-dealkylation sites (N-methyl/N-ethyl adjacent to an activating group) is 1. The molecule has 1 fully saturated rings. The van der Waals surface area contributed by atoms with Gasteiger partial charge < -0.3 is 18.9 Å². The molecule has 0 radical (unpaired) electrons. The summed E-state index contributed by atoms with van der Waals surface area (Å²) < 4.78 is 30.4. The summed E-state index contributed by atoms with van der Waals surface area (Å²) in [5.74, 6) is 0.535. The molecule has 11 heteroatoms. The molecule has 4 heterocycles. The molecule has 1 aromatic carbocycles. The second-order valence-corrected chi connectivity index (χ2v) is 7.67. The van der Waals surface area contributed by atoms with Crippen LogP contribution in [0.25, 0.3) is 11.1 Å². The lowest BCUT2D eigenvalue weighted by Gasteiger charge is -2.26. The minimum atomic E-state index is -0.561. The number of halogens is 1. The molecule has 0 N–H and O–H groups in total. The van der Waals surface area contributed by atoms with Gasteiger partial charge in [-0.1, -0.05) is 0 Å². The van der Waals surface area contributed by atoms with Crippen LogP contribution in [-0.2, 0) is 4.74 Å². The molecular weight excluding hydrogens is 431 g/mol. The lowest BCUT2D eigenvalue weighted by Crippen LogP contribution is -2.35. The Morgan fingerprint density at radius 2 is 2.12 bits per heavy atom. The largest absolute Gasteiger partial charge is 0.471 e. The number of pyridine rings is 1. The summed E-state index contributed by atoms with van der Waals surface area (Å²) in [6.07, 6.45) is 3.67. The van der Waals surface area contributed by atoms with E-state index >= 15 is 0 Å². The van der Waals surface area contributed by atoms with Crippen LogP contribution in [0.3, 0.4) is 0 Å². The van der Waals surface area contributed by atoms with Gasteiger partial charge in [0.15, 0.2) is 6.10 Å². The first-order valence-corrected chi connectivity index (χ1v) is 10.4. The zero-order valence-electron chi connectivity index (χ0n) is 17.8. The van der Waals surface area contributed by atoms with Crippen molar-refractivity contribution in [3.63, 3.8) is 0 Å². The van der Waals surface area contributed by atoms with Crippen LogP contribution in [0.2, 0.25) is 0 Å². The van der Waals surface area contributed by atoms with E-state index in [-0.39, 0.29) is 13.2 Å². The van der Waals surface area contributed by atoms with Crippen LogP contribution >= 0.6 is 0 Å². The van der Waals surface area contributed by atoms with Gasteiger partial charge >= 0.3 is 6.09 Å². The summed E-state index contributed by atoms with van der Waals surface area (Å²) in [4.78, 5) is 20.1. The van der Waals surface area contributed by atoms with Crippen molar-refractivity contribution in [2.75, 3.05) is 43.2 Å². The fourth-order valence-corrected chi connectivity index (χ4v) is 3.57. The van der Waals surface area contributed by atoms with Gasteiger partial charge in [-0.2, -0.15) is 5.10 Å². The van der Waals surface area contributed by atoms with E-state index in [1.165, 1.54) is 17.2 Å². The number of hydrogen-bond acceptors (Lipinski definition) is 9. The van der Waals surface area contributed by atoms with Crippen molar-refractivity contribution in [3.8, 4) is 17.0 Å². The number of aromatic nitrogens is 2. The summed E-state index contributed by atoms with van der Waals surface area (Å²) in [6.45, 7) is 1.91. The summed E-state index contributed by atoms with van der Waals surface area (Å²) >= 11 is 0. The zero-order chi connectivity index (χ0) is 22.8. The van der Waals surface area contributed by atoms with Crippen LogP contribution < -0.4 is 14.6 Å². The second-order valence-electron chi connectivity index (χ2n) is 7.67. The number of hydrogen-bond donors (Lipinski definition) is 0. The summed E-state index contributed by atoms with van der Waals surface area (Å²) in [7, 11) is 1.96. The van der Waals surface area contributed by atoms with E-state index in [4.69, 9.17) is 14.0 Å². The number of anilines is 2. The molecule has 0 saturated carbocycles. The number of carbonyl (C=O) groups is 1. The summed E-state index contributed by atoms with van der Waals surface area (Å²) in [6, 6.07) is 9.79. The molecule has 10 nitrogen and oxygen atoms in total. The molecule has 2 aromatic heterocycles. The van der Waals surface area contributed by atoms with Crippen LogP contribution in [-0.4, -0.2) is 66.9 Å². The van der Waals surface area contributed by atoms with Crippen molar-refractivity contribution in [3.05, 3.63) is 54.7 Å². The van der Waals surface area contributed by atoms with Crippen molar-refractivity contribution < 1.29 is 23.2 Å². The first kappa shape index (κ1) is 20.7. The standard InChI is InChI=1S/C22H21FN6O4/c1-27-7-8-29(25-14-27)20-5-2-15(11-24-20)18-4-3-16(10-19(18)23)28-12-17(33-22(28)30)13-31-21-6-9-32-26-21/h2-6,9-11,14,17H,7-8,12-13H2,1H3/t17-/m1/s1. The maximum atomic E-state index is 15.0. The minimum absolute atomic E-state index is 0.116. The third-order valence-corrected chi connectivity index (χ3v) is 5.35. The van der Waals surface area contributed by atoms with Crippen molar-refractivity contribution >= 4 is 23.9 Å². The smallest absolute Gasteiger partial charge is 0.414 e. The average molecular weight is 452 g/mol. The molecular formula is C22H21FN6O4. The van der Waals surface area contributed by atoms with Gasteiger partial charge in [0.05, 0.1) is 18.8 Å². The number of amides is 1. The Morgan fingerprint density at radius 3 is 2.82 bits per heavy atom. The van der Waals surface area contributed by atoms with Gasteiger partial charge in [-0.05, 0) is 35.5 Å². The predicted molar refractivity (Wildman–Crippen MR) is 118 cm³/mol. The van der Waals surface area contributed by atoms with Crippen LogP contribution in [0.15, 0.2) is 58.5 Å². The van der Waals surface area contributed by atoms with Gasteiger partial charge in [0, 0.05) is 37.0 Å². The Morgan fingerprint density at radius 1 is 1.21 bits per heavy atom. The number of nitrogens with zero attached hydrogens (tertiary/aromatic N) is 6. The Bertz CT molecular complexity index is 1150. The van der Waals surface area contributed by atoms with E-state index in [1.807, 2.05) is 18.0 Å². The van der Waals surface area contributed by atoms with E-state index in [1.54, 1.807) is 41.8 Å². The van der Waals surface area contributed by atoms with Gasteiger partial charge in [0.25, 0.3) is 5.88 Å². The summed E-state index contributed by atoms with van der Waals surface area (Å²) in [5, 5.41) is 9.77. The van der Waals surface area contributed by atoms with Crippen LogP contribution in [0.1, 0.15) is 0 Å². The molecule has 5 rings (SSSR count). The third kappa shape index (κ3) is 4.43. The highest BCUT2D eigenvalue weighted by molar-refractivity contribution is 5.90. The van der Waals surface area contributed by atoms with Crippen molar-refractivity contribution in [1.82, 2.24) is 15.0 Å². The number of ether oxygens (including phenoxy) is 2. The highest BCUT2D eigenvalue weighted by atomic mass is 19.1. The minimum Gasteiger partial charge on any atom is -0.471 e. The molecule has 0 spiro atoms. The van der Waals surface area contributed by atoms with Gasteiger partial charge in [0.2, 0.25) is 0 Å². The average Bonchev–Trinajstić information content (AvgIpc) is 3.48. The molecule has 1 saturated heterocycles. The number of carbonyl (C=O) groups excluding carboxylic acids is 1. The quantitative estimate of drug-likeness (QED) is 0.563. The van der Waals surface area contributed by atoms with Crippen molar-refractivity contribution in [1.29, 1.82) is 0 Å². The Hall–Kier alpha value is -4.15. The van der Waals surface area contributed by atoms with Crippen LogP contribution in [0, 0.1) is 5.82 Å². The molecule has 0 aliphatic carbocycles. The van der Waals surface area contributed by atoms with Gasteiger partial charge in [-0.15, -0.1) is 0 Å². The van der Waals surface area contributed by atoms with E-state index in [0.717, 1.165) is 13.1 Å². The highest BCUT2D eigenvalue weighted by Gasteiger charge is 2.33. The molecule has 1 amide bonds. The lowest BCUT2D eigenvalue weighted by molar-refractivity contribution is 0.102. The molecule has 0 unspecified atom stereocenters. The zero-order valence-corrected chi connectivity index (χ0v) is 17.8. The lowest BCUT2D eigenvalue weighted by atomic mass is 10.1. The molecule has 170 valence electrons. The predicted octanol–water partition coefficient (Wildman–Crippen LogP) is 2.98. The van der Waals surface area contributed by atoms with E-state index in [0.29, 0.717) is 28.5 Å². The van der Waals surface area contributed by atoms with Gasteiger partial charge in [-0.25, -0.2) is 19.2 Å². The molecule has 3 aromatic rings. The van der Waals surface area contributed by atoms with Gasteiger partial charge in [-0.3, -0.25) is 4.90 Å². The maximum absolute atomic E-state index is 15.0. The number of cyclic esters (lactones) is 1. The SMILES string of the molecule is CN1C=NN(c2ccc(-c3ccc(N4C[C@H](COc5ccon5)OC4=O)cc3F)cn2)CC1.